The van der Waals surface area contributed by atoms with E-state index in [4.69, 9.17) is 4.74 Å². The molecule has 8 nitrogen and oxygen atoms in total. The van der Waals surface area contributed by atoms with Gasteiger partial charge in [0.1, 0.15) is 12.3 Å². The van der Waals surface area contributed by atoms with Gasteiger partial charge < -0.3 is 10.1 Å². The number of likely N-dealkylation sites (tertiary alicyclic amines) is 1. The van der Waals surface area contributed by atoms with Crippen LogP contribution in [0.2, 0.25) is 0 Å². The van der Waals surface area contributed by atoms with Crippen LogP contribution in [0.15, 0.2) is 41.1 Å². The van der Waals surface area contributed by atoms with E-state index in [9.17, 15) is 4.79 Å². The number of carbonyl (C=O) groups is 1. The third-order valence-electron chi connectivity index (χ3n) is 4.95. The molecule has 3 aromatic rings. The summed E-state index contributed by atoms with van der Waals surface area (Å²) in [7, 11) is 1.67. The van der Waals surface area contributed by atoms with Crippen LogP contribution in [0.1, 0.15) is 12.0 Å². The minimum Gasteiger partial charge on any atom is -0.497 e. The molecule has 3 heterocycles. The number of benzene rings is 1. The van der Waals surface area contributed by atoms with Crippen molar-refractivity contribution in [1.29, 1.82) is 0 Å². The Balaban J connectivity index is 1.26. The lowest BCUT2D eigenvalue weighted by Gasteiger charge is -2.41. The molecule has 1 aliphatic heterocycles. The summed E-state index contributed by atoms with van der Waals surface area (Å²) in [6.07, 6.45) is 1.08. The minimum absolute atomic E-state index is 0.0833. The van der Waals surface area contributed by atoms with Gasteiger partial charge in [-0.05, 0) is 46.0 Å². The highest BCUT2D eigenvalue weighted by molar-refractivity contribution is 7.08. The SMILES string of the molecule is COc1ccc(CN2CCC2CNC(=O)Cn2nnnc2-c2ccsc2)cc1. The molecule has 1 fully saturated rings. The first-order valence-electron chi connectivity index (χ1n) is 9.15. The zero-order chi connectivity index (χ0) is 19.3. The fourth-order valence-corrected chi connectivity index (χ4v) is 3.87. The Morgan fingerprint density at radius 1 is 1.32 bits per heavy atom. The van der Waals surface area contributed by atoms with Crippen molar-refractivity contribution in [3.63, 3.8) is 0 Å². The zero-order valence-corrected chi connectivity index (χ0v) is 16.4. The summed E-state index contributed by atoms with van der Waals surface area (Å²) in [5.41, 5.74) is 2.17. The summed E-state index contributed by atoms with van der Waals surface area (Å²) in [6, 6.07) is 10.4. The van der Waals surface area contributed by atoms with Crippen LogP contribution in [0.3, 0.4) is 0 Å². The first-order chi connectivity index (χ1) is 13.7. The number of nitrogens with one attached hydrogen (secondary N) is 1. The van der Waals surface area contributed by atoms with Gasteiger partial charge in [0.2, 0.25) is 5.91 Å². The van der Waals surface area contributed by atoms with E-state index >= 15 is 0 Å². The number of aromatic nitrogens is 4. The highest BCUT2D eigenvalue weighted by Gasteiger charge is 2.28. The van der Waals surface area contributed by atoms with Crippen LogP contribution in [-0.4, -0.2) is 57.3 Å². The molecule has 0 radical (unpaired) electrons. The van der Waals surface area contributed by atoms with Crippen molar-refractivity contribution < 1.29 is 9.53 Å². The average Bonchev–Trinajstić information content (AvgIpc) is 3.37. The summed E-state index contributed by atoms with van der Waals surface area (Å²) in [6.45, 7) is 2.66. The lowest BCUT2D eigenvalue weighted by molar-refractivity contribution is -0.122. The van der Waals surface area contributed by atoms with Gasteiger partial charge in [-0.2, -0.15) is 11.3 Å². The molecule has 4 rings (SSSR count). The number of nitrogens with zero attached hydrogens (tertiary/aromatic N) is 5. The number of ether oxygens (including phenoxy) is 1. The third-order valence-corrected chi connectivity index (χ3v) is 5.63. The molecule has 28 heavy (non-hydrogen) atoms. The number of hydrogen-bond donors (Lipinski definition) is 1. The Morgan fingerprint density at radius 3 is 2.86 bits per heavy atom. The fourth-order valence-electron chi connectivity index (χ4n) is 3.23. The van der Waals surface area contributed by atoms with Crippen LogP contribution in [0.5, 0.6) is 5.75 Å². The van der Waals surface area contributed by atoms with Gasteiger partial charge in [0.15, 0.2) is 5.82 Å². The van der Waals surface area contributed by atoms with E-state index in [1.807, 2.05) is 29.0 Å². The lowest BCUT2D eigenvalue weighted by Crippen LogP contribution is -2.53. The first-order valence-corrected chi connectivity index (χ1v) is 10.1. The second-order valence-corrected chi connectivity index (χ2v) is 7.52. The number of carbonyl (C=O) groups excluding carboxylic acids is 1. The van der Waals surface area contributed by atoms with Gasteiger partial charge in [-0.3, -0.25) is 9.69 Å². The van der Waals surface area contributed by atoms with Crippen molar-refractivity contribution >= 4 is 17.2 Å². The smallest absolute Gasteiger partial charge is 0.241 e. The third kappa shape index (κ3) is 4.20. The molecule has 1 saturated heterocycles. The van der Waals surface area contributed by atoms with Crippen molar-refractivity contribution in [3.8, 4) is 17.1 Å². The van der Waals surface area contributed by atoms with Gasteiger partial charge in [0, 0.05) is 36.6 Å². The second-order valence-electron chi connectivity index (χ2n) is 6.74. The maximum atomic E-state index is 12.4. The van der Waals surface area contributed by atoms with Gasteiger partial charge in [-0.1, -0.05) is 12.1 Å². The normalized spacial score (nSPS) is 16.5. The van der Waals surface area contributed by atoms with Gasteiger partial charge >= 0.3 is 0 Å². The minimum atomic E-state index is -0.0833. The average molecular weight is 398 g/mol. The number of hydrogen-bond acceptors (Lipinski definition) is 7. The molecule has 0 bridgehead atoms. The molecule has 0 spiro atoms. The van der Waals surface area contributed by atoms with E-state index in [2.05, 4.69) is 37.9 Å². The molecule has 1 N–H and O–H groups in total. The summed E-state index contributed by atoms with van der Waals surface area (Å²) in [4.78, 5) is 14.7. The summed E-state index contributed by atoms with van der Waals surface area (Å²) in [5, 5.41) is 18.6. The molecule has 1 atom stereocenters. The maximum Gasteiger partial charge on any atom is 0.241 e. The Kier molecular flexibility index (Phi) is 5.63. The van der Waals surface area contributed by atoms with Crippen molar-refractivity contribution in [2.24, 2.45) is 0 Å². The van der Waals surface area contributed by atoms with Gasteiger partial charge in [-0.15, -0.1) is 5.10 Å². The topological polar surface area (TPSA) is 85.2 Å². The van der Waals surface area contributed by atoms with Gasteiger partial charge in [0.25, 0.3) is 0 Å². The maximum absolute atomic E-state index is 12.4. The Labute approximate surface area is 167 Å². The summed E-state index contributed by atoms with van der Waals surface area (Å²) < 4.78 is 6.73. The molecule has 146 valence electrons. The Bertz CT molecular complexity index is 909. The molecule has 1 aliphatic rings. The van der Waals surface area contributed by atoms with E-state index in [1.54, 1.807) is 18.4 Å². The largest absolute Gasteiger partial charge is 0.497 e. The van der Waals surface area contributed by atoms with E-state index in [1.165, 1.54) is 10.2 Å². The molecule has 0 aliphatic carbocycles. The summed E-state index contributed by atoms with van der Waals surface area (Å²) in [5.74, 6) is 1.39. The molecular formula is C19H22N6O2S. The molecule has 1 amide bonds. The fraction of sp³-hybridized carbons (Fsp3) is 0.368. The number of tetrazole rings is 1. The monoisotopic (exact) mass is 398 g/mol. The standard InChI is InChI=1S/C19H22N6O2S/c1-27-17-4-2-14(3-5-17)11-24-8-6-16(24)10-20-18(26)12-25-19(21-22-23-25)15-7-9-28-13-15/h2-5,7,9,13,16H,6,8,10-12H2,1H3,(H,20,26). The molecule has 1 aromatic carbocycles. The van der Waals surface area contributed by atoms with Crippen LogP contribution < -0.4 is 10.1 Å². The van der Waals surface area contributed by atoms with E-state index < -0.39 is 0 Å². The van der Waals surface area contributed by atoms with E-state index in [-0.39, 0.29) is 12.5 Å². The van der Waals surface area contributed by atoms with Crippen molar-refractivity contribution in [1.82, 2.24) is 30.4 Å². The van der Waals surface area contributed by atoms with Crippen molar-refractivity contribution in [2.45, 2.75) is 25.6 Å². The first kappa shape index (κ1) is 18.6. The number of rotatable bonds is 8. The van der Waals surface area contributed by atoms with Crippen LogP contribution in [0.25, 0.3) is 11.4 Å². The van der Waals surface area contributed by atoms with Crippen molar-refractivity contribution in [3.05, 3.63) is 46.7 Å². The Morgan fingerprint density at radius 2 is 2.18 bits per heavy atom. The van der Waals surface area contributed by atoms with Crippen LogP contribution >= 0.6 is 11.3 Å². The second kappa shape index (κ2) is 8.49. The molecule has 9 heteroatoms. The predicted molar refractivity (Wildman–Crippen MR) is 106 cm³/mol. The van der Waals surface area contributed by atoms with Gasteiger partial charge in [0.05, 0.1) is 7.11 Å². The van der Waals surface area contributed by atoms with Crippen molar-refractivity contribution in [2.75, 3.05) is 20.2 Å². The molecular weight excluding hydrogens is 376 g/mol. The van der Waals surface area contributed by atoms with E-state index in [0.717, 1.165) is 30.8 Å². The number of thiophene rings is 1. The van der Waals surface area contributed by atoms with Crippen LogP contribution in [-0.2, 0) is 17.9 Å². The molecule has 1 unspecified atom stereocenters. The highest BCUT2D eigenvalue weighted by Crippen LogP contribution is 2.21. The molecule has 0 saturated carbocycles. The quantitative estimate of drug-likeness (QED) is 0.623. The zero-order valence-electron chi connectivity index (χ0n) is 15.6. The lowest BCUT2D eigenvalue weighted by atomic mass is 10.0. The number of methoxy groups -OCH3 is 1. The van der Waals surface area contributed by atoms with Crippen LogP contribution in [0, 0.1) is 0 Å². The van der Waals surface area contributed by atoms with Gasteiger partial charge in [-0.25, -0.2) is 4.68 Å². The summed E-state index contributed by atoms with van der Waals surface area (Å²) >= 11 is 1.57. The Hall–Kier alpha value is -2.78. The number of amides is 1. The van der Waals surface area contributed by atoms with E-state index in [0.29, 0.717) is 18.4 Å². The highest BCUT2D eigenvalue weighted by atomic mass is 32.1. The molecule has 2 aromatic heterocycles. The van der Waals surface area contributed by atoms with Crippen LogP contribution in [0.4, 0.5) is 0 Å². The predicted octanol–water partition coefficient (Wildman–Crippen LogP) is 1.80.